The van der Waals surface area contributed by atoms with E-state index < -0.39 is 18.0 Å². The second-order valence-electron chi connectivity index (χ2n) is 5.77. The minimum atomic E-state index is -1.32. The van der Waals surface area contributed by atoms with Gasteiger partial charge in [-0.05, 0) is 57.0 Å². The molecule has 5 heteroatoms. The molecule has 2 rings (SSSR count). The van der Waals surface area contributed by atoms with Crippen molar-refractivity contribution in [1.29, 1.82) is 0 Å². The van der Waals surface area contributed by atoms with Crippen LogP contribution in [0.4, 0.5) is 0 Å². The lowest BCUT2D eigenvalue weighted by atomic mass is 10.0. The largest absolute Gasteiger partial charge is 0.550 e. The van der Waals surface area contributed by atoms with Crippen LogP contribution in [0.25, 0.3) is 11.0 Å². The first-order chi connectivity index (χ1) is 10.8. The fourth-order valence-corrected chi connectivity index (χ4v) is 2.40. The Hall–Kier alpha value is -2.56. The van der Waals surface area contributed by atoms with Gasteiger partial charge in [0.25, 0.3) is 0 Å². The molecule has 0 bridgehead atoms. The van der Waals surface area contributed by atoms with Gasteiger partial charge in [0.15, 0.2) is 0 Å². The SMILES string of the molecule is CC(C)=CCOc1cc(C)cc2oc(=O)c(CC(=O)[O-])c(C)c12. The minimum Gasteiger partial charge on any atom is -0.550 e. The summed E-state index contributed by atoms with van der Waals surface area (Å²) in [5, 5.41) is 11.5. The zero-order valence-corrected chi connectivity index (χ0v) is 13.7. The zero-order valence-electron chi connectivity index (χ0n) is 13.7. The lowest BCUT2D eigenvalue weighted by Gasteiger charge is -2.13. The van der Waals surface area contributed by atoms with Gasteiger partial charge >= 0.3 is 5.63 Å². The van der Waals surface area contributed by atoms with Crippen molar-refractivity contribution in [2.24, 2.45) is 0 Å². The van der Waals surface area contributed by atoms with Gasteiger partial charge in [0.1, 0.15) is 17.9 Å². The zero-order chi connectivity index (χ0) is 17.1. The summed E-state index contributed by atoms with van der Waals surface area (Å²) >= 11 is 0. The van der Waals surface area contributed by atoms with Gasteiger partial charge in [0.2, 0.25) is 0 Å². The lowest BCUT2D eigenvalue weighted by molar-refractivity contribution is -0.304. The quantitative estimate of drug-likeness (QED) is 0.623. The molecule has 0 radical (unpaired) electrons. The first-order valence-corrected chi connectivity index (χ1v) is 7.32. The molecule has 0 saturated carbocycles. The van der Waals surface area contributed by atoms with Crippen LogP contribution in [0.15, 0.2) is 33.0 Å². The standard InChI is InChI=1S/C18H20O5/c1-10(2)5-6-22-14-7-11(3)8-15-17(14)12(4)13(9-16(19)20)18(21)23-15/h5,7-8H,6,9H2,1-4H3,(H,19,20)/p-1. The minimum absolute atomic E-state index is 0.0911. The average Bonchev–Trinajstić information content (AvgIpc) is 2.42. The van der Waals surface area contributed by atoms with Crippen LogP contribution >= 0.6 is 0 Å². The van der Waals surface area contributed by atoms with Crippen LogP contribution in [-0.2, 0) is 11.2 Å². The highest BCUT2D eigenvalue weighted by Crippen LogP contribution is 2.31. The smallest absolute Gasteiger partial charge is 0.340 e. The molecule has 0 spiro atoms. The van der Waals surface area contributed by atoms with Gasteiger partial charge in [0.05, 0.1) is 5.39 Å². The first kappa shape index (κ1) is 16.8. The summed E-state index contributed by atoms with van der Waals surface area (Å²) in [6, 6.07) is 3.58. The molecule has 1 heterocycles. The van der Waals surface area contributed by atoms with Gasteiger partial charge in [-0.2, -0.15) is 0 Å². The van der Waals surface area contributed by atoms with Crippen molar-refractivity contribution in [2.75, 3.05) is 6.61 Å². The second-order valence-corrected chi connectivity index (χ2v) is 5.77. The van der Waals surface area contributed by atoms with Gasteiger partial charge in [0, 0.05) is 18.0 Å². The molecule has 0 unspecified atom stereocenters. The molecule has 0 N–H and O–H groups in total. The second kappa shape index (κ2) is 6.69. The number of benzene rings is 1. The van der Waals surface area contributed by atoms with Gasteiger partial charge in [-0.15, -0.1) is 0 Å². The molecule has 1 aromatic carbocycles. The maximum atomic E-state index is 12.0. The third-order valence-electron chi connectivity index (χ3n) is 3.54. The van der Waals surface area contributed by atoms with E-state index in [-0.39, 0.29) is 5.56 Å². The Bertz CT molecular complexity index is 839. The molecule has 23 heavy (non-hydrogen) atoms. The average molecular weight is 315 g/mol. The normalized spacial score (nSPS) is 10.6. The Morgan fingerprint density at radius 3 is 2.61 bits per heavy atom. The van der Waals surface area contributed by atoms with Crippen molar-refractivity contribution in [3.8, 4) is 5.75 Å². The lowest BCUT2D eigenvalue weighted by Crippen LogP contribution is -2.27. The number of aliphatic carboxylic acids is 1. The van der Waals surface area contributed by atoms with E-state index >= 15 is 0 Å². The highest BCUT2D eigenvalue weighted by molar-refractivity contribution is 5.89. The predicted octanol–water partition coefficient (Wildman–Crippen LogP) is 2.05. The van der Waals surface area contributed by atoms with E-state index in [9.17, 15) is 14.7 Å². The number of allylic oxidation sites excluding steroid dienone is 1. The molecular weight excluding hydrogens is 296 g/mol. The monoisotopic (exact) mass is 315 g/mol. The van der Waals surface area contributed by atoms with Crippen molar-refractivity contribution in [3.05, 3.63) is 50.9 Å². The Labute approximate surface area is 134 Å². The maximum Gasteiger partial charge on any atom is 0.340 e. The third kappa shape index (κ3) is 3.80. The van der Waals surface area contributed by atoms with Crippen molar-refractivity contribution in [3.63, 3.8) is 0 Å². The number of fused-ring (bicyclic) bond motifs is 1. The summed E-state index contributed by atoms with van der Waals surface area (Å²) in [5.41, 5.74) is 2.39. The van der Waals surface area contributed by atoms with Crippen molar-refractivity contribution >= 4 is 16.9 Å². The van der Waals surface area contributed by atoms with E-state index in [1.54, 1.807) is 13.0 Å². The number of carboxylic acid groups (broad SMARTS) is 1. The van der Waals surface area contributed by atoms with Gasteiger partial charge in [-0.3, -0.25) is 0 Å². The number of carbonyl (C=O) groups is 1. The molecular formula is C18H19O5-. The molecule has 0 fully saturated rings. The van der Waals surface area contributed by atoms with E-state index in [4.69, 9.17) is 9.15 Å². The molecule has 0 aliphatic heterocycles. The number of hydrogen-bond acceptors (Lipinski definition) is 5. The van der Waals surface area contributed by atoms with Crippen LogP contribution in [0.5, 0.6) is 5.75 Å². The van der Waals surface area contributed by atoms with E-state index in [2.05, 4.69) is 0 Å². The maximum absolute atomic E-state index is 12.0. The highest BCUT2D eigenvalue weighted by atomic mass is 16.5. The number of ether oxygens (including phenoxy) is 1. The van der Waals surface area contributed by atoms with Crippen LogP contribution in [0.2, 0.25) is 0 Å². The summed E-state index contributed by atoms with van der Waals surface area (Å²) < 4.78 is 11.1. The molecule has 5 nitrogen and oxygen atoms in total. The van der Waals surface area contributed by atoms with Gasteiger partial charge in [-0.25, -0.2) is 4.79 Å². The molecule has 122 valence electrons. The van der Waals surface area contributed by atoms with Crippen LogP contribution in [0.1, 0.15) is 30.5 Å². The number of carbonyl (C=O) groups excluding carboxylic acids is 1. The topological polar surface area (TPSA) is 79.6 Å². The fourth-order valence-electron chi connectivity index (χ4n) is 2.40. The van der Waals surface area contributed by atoms with Crippen LogP contribution in [-0.4, -0.2) is 12.6 Å². The molecule has 0 aliphatic carbocycles. The molecule has 0 amide bonds. The number of carboxylic acids is 1. The summed E-state index contributed by atoms with van der Waals surface area (Å²) in [7, 11) is 0. The molecule has 0 aliphatic rings. The van der Waals surface area contributed by atoms with E-state index in [0.717, 1.165) is 11.1 Å². The summed E-state index contributed by atoms with van der Waals surface area (Å²) in [6.07, 6.45) is 1.45. The molecule has 2 aromatic rings. The van der Waals surface area contributed by atoms with Crippen molar-refractivity contribution in [1.82, 2.24) is 0 Å². The van der Waals surface area contributed by atoms with E-state index in [1.807, 2.05) is 32.9 Å². The molecule has 1 aromatic heterocycles. The first-order valence-electron chi connectivity index (χ1n) is 7.32. The van der Waals surface area contributed by atoms with Crippen LogP contribution in [0, 0.1) is 13.8 Å². The van der Waals surface area contributed by atoms with Crippen LogP contribution in [0.3, 0.4) is 0 Å². The molecule has 0 atom stereocenters. The predicted molar refractivity (Wildman–Crippen MR) is 85.6 cm³/mol. The van der Waals surface area contributed by atoms with Crippen molar-refractivity contribution < 1.29 is 19.1 Å². The Morgan fingerprint density at radius 1 is 1.30 bits per heavy atom. The van der Waals surface area contributed by atoms with Gasteiger partial charge in [-0.1, -0.05) is 5.57 Å². The summed E-state index contributed by atoms with van der Waals surface area (Å²) in [5.74, 6) is -0.753. The van der Waals surface area contributed by atoms with Crippen molar-refractivity contribution in [2.45, 2.75) is 34.1 Å². The highest BCUT2D eigenvalue weighted by Gasteiger charge is 2.16. The Kier molecular flexibility index (Phi) is 4.89. The van der Waals surface area contributed by atoms with E-state index in [0.29, 0.717) is 28.9 Å². The number of hydrogen-bond donors (Lipinski definition) is 0. The third-order valence-corrected chi connectivity index (χ3v) is 3.54. The summed E-state index contributed by atoms with van der Waals surface area (Å²) in [6.45, 7) is 7.90. The number of rotatable bonds is 5. The fraction of sp³-hybridized carbons (Fsp3) is 0.333. The van der Waals surface area contributed by atoms with Gasteiger partial charge < -0.3 is 19.1 Å². The Morgan fingerprint density at radius 2 is 2.00 bits per heavy atom. The van der Waals surface area contributed by atoms with Crippen LogP contribution < -0.4 is 15.5 Å². The Balaban J connectivity index is 2.64. The van der Waals surface area contributed by atoms with E-state index in [1.165, 1.54) is 0 Å². The summed E-state index contributed by atoms with van der Waals surface area (Å²) in [4.78, 5) is 22.9. The number of aryl methyl sites for hydroxylation is 2. The molecule has 0 saturated heterocycles.